The zero-order valence-electron chi connectivity index (χ0n) is 10.8. The quantitative estimate of drug-likeness (QED) is 0.764. The predicted molar refractivity (Wildman–Crippen MR) is 85.8 cm³/mol. The van der Waals surface area contributed by atoms with E-state index < -0.39 is 0 Å². The first-order valence-corrected chi connectivity index (χ1v) is 8.65. The molecule has 1 aromatic rings. The summed E-state index contributed by atoms with van der Waals surface area (Å²) in [5.41, 5.74) is 1.11. The van der Waals surface area contributed by atoms with Crippen molar-refractivity contribution >= 4 is 37.8 Å². The van der Waals surface area contributed by atoms with Gasteiger partial charge in [0.2, 0.25) is 5.91 Å². The van der Waals surface area contributed by atoms with Gasteiger partial charge in [-0.25, -0.2) is 0 Å². The van der Waals surface area contributed by atoms with Crippen molar-refractivity contribution in [3.63, 3.8) is 0 Å². The maximum atomic E-state index is 12.2. The summed E-state index contributed by atoms with van der Waals surface area (Å²) < 4.78 is 0. The maximum Gasteiger partial charge on any atom is 0.235 e. The van der Waals surface area contributed by atoms with Crippen LogP contribution in [0.4, 0.5) is 0 Å². The highest BCUT2D eigenvalue weighted by Gasteiger charge is 2.27. The zero-order valence-corrected chi connectivity index (χ0v) is 14.0. The number of carbonyl (C=O) groups excluding carboxylic acids is 1. The highest BCUT2D eigenvalue weighted by molar-refractivity contribution is 9.12. The topological polar surface area (TPSA) is 29.1 Å². The van der Waals surface area contributed by atoms with Crippen molar-refractivity contribution in [3.05, 3.63) is 35.9 Å². The fourth-order valence-electron chi connectivity index (χ4n) is 2.47. The molecule has 1 aromatic carbocycles. The van der Waals surface area contributed by atoms with Crippen molar-refractivity contribution in [3.8, 4) is 0 Å². The third kappa shape index (κ3) is 4.32. The van der Waals surface area contributed by atoms with E-state index in [1.807, 2.05) is 30.3 Å². The van der Waals surface area contributed by atoms with Crippen LogP contribution in [0.25, 0.3) is 0 Å². The van der Waals surface area contributed by atoms with Crippen LogP contribution in [0.3, 0.4) is 0 Å². The minimum Gasteiger partial charge on any atom is -0.352 e. The van der Waals surface area contributed by atoms with Gasteiger partial charge in [-0.1, -0.05) is 81.5 Å². The van der Waals surface area contributed by atoms with Gasteiger partial charge in [0, 0.05) is 6.04 Å². The van der Waals surface area contributed by atoms with E-state index in [9.17, 15) is 4.79 Å². The van der Waals surface area contributed by atoms with Gasteiger partial charge in [-0.3, -0.25) is 4.79 Å². The van der Waals surface area contributed by atoms with Crippen molar-refractivity contribution in [2.75, 3.05) is 0 Å². The fourth-order valence-corrected chi connectivity index (χ4v) is 3.45. The third-order valence-electron chi connectivity index (χ3n) is 3.58. The number of hydrogen-bond donors (Lipinski definition) is 1. The molecule has 0 unspecified atom stereocenters. The first kappa shape index (κ1) is 15.0. The van der Waals surface area contributed by atoms with Gasteiger partial charge in [0.05, 0.1) is 4.83 Å². The molecule has 1 fully saturated rings. The Morgan fingerprint density at radius 3 is 2.37 bits per heavy atom. The molecule has 0 saturated heterocycles. The third-order valence-corrected chi connectivity index (χ3v) is 6.29. The average molecular weight is 389 g/mol. The average Bonchev–Trinajstić information content (AvgIpc) is 2.47. The van der Waals surface area contributed by atoms with E-state index >= 15 is 0 Å². The molecule has 0 heterocycles. The number of alkyl halides is 2. The zero-order chi connectivity index (χ0) is 13.7. The molecule has 1 aliphatic rings. The number of nitrogens with one attached hydrogen (secondary N) is 1. The Balaban J connectivity index is 1.91. The van der Waals surface area contributed by atoms with Crippen molar-refractivity contribution in [2.45, 2.75) is 47.8 Å². The number of hydrogen-bond acceptors (Lipinski definition) is 1. The van der Waals surface area contributed by atoms with Crippen LogP contribution in [0.5, 0.6) is 0 Å². The van der Waals surface area contributed by atoms with Crippen molar-refractivity contribution < 1.29 is 4.79 Å². The van der Waals surface area contributed by atoms with E-state index in [0.717, 1.165) is 18.4 Å². The number of amides is 1. The lowest BCUT2D eigenvalue weighted by atomic mass is 9.95. The van der Waals surface area contributed by atoms with E-state index in [1.54, 1.807) is 0 Å². The molecule has 4 heteroatoms. The van der Waals surface area contributed by atoms with Gasteiger partial charge in [0.15, 0.2) is 0 Å². The molecule has 0 radical (unpaired) electrons. The van der Waals surface area contributed by atoms with E-state index in [2.05, 4.69) is 37.2 Å². The smallest absolute Gasteiger partial charge is 0.235 e. The summed E-state index contributed by atoms with van der Waals surface area (Å²) in [6.07, 6.45) is 5.99. The van der Waals surface area contributed by atoms with Crippen LogP contribution < -0.4 is 5.32 Å². The summed E-state index contributed by atoms with van der Waals surface area (Å²) in [6.45, 7) is 0. The van der Waals surface area contributed by atoms with Gasteiger partial charge >= 0.3 is 0 Å². The minimum atomic E-state index is -0.239. The molecular weight excluding hydrogens is 370 g/mol. The van der Waals surface area contributed by atoms with E-state index in [1.165, 1.54) is 19.3 Å². The normalized spacial score (nSPS) is 19.7. The molecule has 0 aromatic heterocycles. The molecule has 1 amide bonds. The van der Waals surface area contributed by atoms with Crippen LogP contribution in [0.2, 0.25) is 0 Å². The van der Waals surface area contributed by atoms with Crippen LogP contribution in [-0.4, -0.2) is 16.8 Å². The van der Waals surface area contributed by atoms with Gasteiger partial charge in [-0.2, -0.15) is 0 Å². The van der Waals surface area contributed by atoms with Crippen LogP contribution in [-0.2, 0) is 4.79 Å². The lowest BCUT2D eigenvalue weighted by Crippen LogP contribution is -2.41. The summed E-state index contributed by atoms with van der Waals surface area (Å²) >= 11 is 7.12. The second-order valence-corrected chi connectivity index (χ2v) is 7.03. The molecule has 2 atom stereocenters. The molecule has 1 saturated carbocycles. The summed E-state index contributed by atoms with van der Waals surface area (Å²) in [7, 11) is 0. The van der Waals surface area contributed by atoms with Gasteiger partial charge in [-0.15, -0.1) is 0 Å². The van der Waals surface area contributed by atoms with Crippen molar-refractivity contribution in [1.29, 1.82) is 0 Å². The molecular formula is C15H19Br2NO. The Bertz CT molecular complexity index is 404. The van der Waals surface area contributed by atoms with Gasteiger partial charge < -0.3 is 5.32 Å². The molecule has 1 aliphatic carbocycles. The Labute approximate surface area is 131 Å². The van der Waals surface area contributed by atoms with Crippen molar-refractivity contribution in [1.82, 2.24) is 5.32 Å². The lowest BCUT2D eigenvalue weighted by Gasteiger charge is -2.25. The Morgan fingerprint density at radius 2 is 1.74 bits per heavy atom. The Morgan fingerprint density at radius 1 is 1.11 bits per heavy atom. The summed E-state index contributed by atoms with van der Waals surface area (Å²) in [4.78, 5) is 12.0. The highest BCUT2D eigenvalue weighted by atomic mass is 79.9. The fraction of sp³-hybridized carbons (Fsp3) is 0.533. The molecule has 0 spiro atoms. The van der Waals surface area contributed by atoms with Gasteiger partial charge in [0.1, 0.15) is 4.83 Å². The largest absolute Gasteiger partial charge is 0.352 e. The second kappa shape index (κ2) is 7.44. The Hall–Kier alpha value is -0.350. The van der Waals surface area contributed by atoms with E-state index in [-0.39, 0.29) is 15.6 Å². The molecule has 0 bridgehead atoms. The summed E-state index contributed by atoms with van der Waals surface area (Å²) in [5, 5.41) is 3.15. The van der Waals surface area contributed by atoms with Crippen LogP contribution in [0, 0.1) is 0 Å². The molecule has 2 rings (SSSR count). The molecule has 104 valence electrons. The minimum absolute atomic E-state index is 0.00251. The second-order valence-electron chi connectivity index (χ2n) is 5.06. The summed E-state index contributed by atoms with van der Waals surface area (Å²) in [5.74, 6) is 0.0811. The molecule has 0 aliphatic heterocycles. The monoisotopic (exact) mass is 387 g/mol. The highest BCUT2D eigenvalue weighted by Crippen LogP contribution is 2.31. The molecule has 1 N–H and O–H groups in total. The standard InChI is InChI=1S/C15H19Br2NO/c16-13(11-7-3-1-4-8-11)14(17)15(19)18-12-9-5-2-6-10-12/h1,3-4,7-8,12-14H,2,5-6,9-10H2,(H,18,19)/t13-,14+/m1/s1. The van der Waals surface area contributed by atoms with Crippen LogP contribution in [0.15, 0.2) is 30.3 Å². The lowest BCUT2D eigenvalue weighted by molar-refractivity contribution is -0.121. The van der Waals surface area contributed by atoms with Crippen LogP contribution >= 0.6 is 31.9 Å². The van der Waals surface area contributed by atoms with Gasteiger partial charge in [0.25, 0.3) is 0 Å². The van der Waals surface area contributed by atoms with Gasteiger partial charge in [-0.05, 0) is 18.4 Å². The first-order chi connectivity index (χ1) is 9.18. The van der Waals surface area contributed by atoms with E-state index in [0.29, 0.717) is 6.04 Å². The summed E-state index contributed by atoms with van der Waals surface area (Å²) in [6, 6.07) is 10.4. The number of rotatable bonds is 4. The Kier molecular flexibility index (Phi) is 5.89. The number of carbonyl (C=O) groups is 1. The first-order valence-electron chi connectivity index (χ1n) is 6.82. The van der Waals surface area contributed by atoms with Crippen molar-refractivity contribution in [2.24, 2.45) is 0 Å². The SMILES string of the molecule is O=C(NC1CCCCC1)[C@@H](Br)[C@H](Br)c1ccccc1. The molecule has 2 nitrogen and oxygen atoms in total. The molecule has 19 heavy (non-hydrogen) atoms. The van der Waals surface area contributed by atoms with Crippen LogP contribution in [0.1, 0.15) is 42.5 Å². The predicted octanol–water partition coefficient (Wildman–Crippen LogP) is 4.34. The number of halogens is 2. The number of benzene rings is 1. The maximum absolute atomic E-state index is 12.2. The van der Waals surface area contributed by atoms with E-state index in [4.69, 9.17) is 0 Å².